The van der Waals surface area contributed by atoms with Gasteiger partial charge in [-0.2, -0.15) is 0 Å². The Morgan fingerprint density at radius 3 is 2.81 bits per heavy atom. The summed E-state index contributed by atoms with van der Waals surface area (Å²) < 4.78 is 34.6. The lowest BCUT2D eigenvalue weighted by molar-refractivity contribution is 0.0893. The second-order valence-corrected chi connectivity index (χ2v) is 10.1. The van der Waals surface area contributed by atoms with Crippen LogP contribution in [0.2, 0.25) is 0 Å². The Labute approximate surface area is 175 Å². The average molecular weight is 503 g/mol. The Morgan fingerprint density at radius 2 is 2.19 bits per heavy atom. The first-order valence-electron chi connectivity index (χ1n) is 9.27. The number of hydrogen-bond donors (Lipinski definition) is 1. The molecule has 1 atom stereocenters. The Kier molecular flexibility index (Phi) is 10.1. The molecule has 7 nitrogen and oxygen atoms in total. The standard InChI is InChI=1S/C17H33N3O4S.HI/c1-4-18-16(20-8-11-25(21,22)17(2,3)14-20)19-7-5-9-23-12-15-6-10-24-13-15;/h15H,4-14H2,1-3H3,(H,18,19);1H. The van der Waals surface area contributed by atoms with E-state index in [1.807, 2.05) is 6.92 Å². The molecule has 2 rings (SSSR count). The minimum atomic E-state index is -3.04. The Bertz CT molecular complexity index is 548. The highest BCUT2D eigenvalue weighted by molar-refractivity contribution is 14.0. The largest absolute Gasteiger partial charge is 0.381 e. The lowest BCUT2D eigenvalue weighted by Crippen LogP contribution is -2.57. The van der Waals surface area contributed by atoms with Crippen molar-refractivity contribution < 1.29 is 17.9 Å². The fourth-order valence-corrected chi connectivity index (χ4v) is 4.43. The number of aliphatic imine (C=N–C) groups is 1. The van der Waals surface area contributed by atoms with E-state index in [1.165, 1.54) is 0 Å². The molecule has 1 N–H and O–H groups in total. The summed E-state index contributed by atoms with van der Waals surface area (Å²) in [6, 6.07) is 0. The van der Waals surface area contributed by atoms with Crippen molar-refractivity contribution in [2.24, 2.45) is 10.9 Å². The maximum absolute atomic E-state index is 12.2. The minimum absolute atomic E-state index is 0. The quantitative estimate of drug-likeness (QED) is 0.246. The molecule has 0 aromatic rings. The lowest BCUT2D eigenvalue weighted by Gasteiger charge is -2.39. The predicted molar refractivity (Wildman–Crippen MR) is 115 cm³/mol. The fraction of sp³-hybridized carbons (Fsp3) is 0.941. The van der Waals surface area contributed by atoms with Crippen LogP contribution in [0.15, 0.2) is 4.99 Å². The normalized spacial score (nSPS) is 25.0. The first kappa shape index (κ1) is 23.9. The number of hydrogen-bond acceptors (Lipinski definition) is 5. The van der Waals surface area contributed by atoms with Crippen molar-refractivity contribution in [2.45, 2.75) is 38.4 Å². The van der Waals surface area contributed by atoms with Crippen LogP contribution in [0.1, 0.15) is 33.6 Å². The van der Waals surface area contributed by atoms with Crippen LogP contribution < -0.4 is 5.32 Å². The Balaban J connectivity index is 0.00000338. The number of halogens is 1. The van der Waals surface area contributed by atoms with Gasteiger partial charge in [-0.1, -0.05) is 0 Å². The summed E-state index contributed by atoms with van der Waals surface area (Å²) in [5, 5.41) is 3.28. The van der Waals surface area contributed by atoms with Gasteiger partial charge in [0.1, 0.15) is 0 Å². The van der Waals surface area contributed by atoms with E-state index < -0.39 is 14.6 Å². The van der Waals surface area contributed by atoms with Gasteiger partial charge in [0.05, 0.1) is 23.7 Å². The van der Waals surface area contributed by atoms with Crippen molar-refractivity contribution in [1.82, 2.24) is 10.2 Å². The van der Waals surface area contributed by atoms with E-state index in [2.05, 4.69) is 15.2 Å². The van der Waals surface area contributed by atoms with Crippen LogP contribution in [0.3, 0.4) is 0 Å². The molecule has 0 aromatic carbocycles. The van der Waals surface area contributed by atoms with Gasteiger partial charge in [0, 0.05) is 45.3 Å². The van der Waals surface area contributed by atoms with E-state index in [0.717, 1.165) is 45.2 Å². The molecule has 154 valence electrons. The van der Waals surface area contributed by atoms with Crippen LogP contribution in [0.5, 0.6) is 0 Å². The maximum atomic E-state index is 12.2. The van der Waals surface area contributed by atoms with Gasteiger partial charge in [-0.3, -0.25) is 4.99 Å². The summed E-state index contributed by atoms with van der Waals surface area (Å²) in [4.78, 5) is 6.71. The van der Waals surface area contributed by atoms with Crippen LogP contribution in [-0.2, 0) is 19.3 Å². The summed E-state index contributed by atoms with van der Waals surface area (Å²) in [5.74, 6) is 1.52. The molecule has 9 heteroatoms. The van der Waals surface area contributed by atoms with Gasteiger partial charge in [-0.05, 0) is 33.6 Å². The molecule has 2 fully saturated rings. The molecule has 1 unspecified atom stereocenters. The van der Waals surface area contributed by atoms with E-state index in [0.29, 0.717) is 32.2 Å². The first-order chi connectivity index (χ1) is 11.9. The molecule has 0 aromatic heterocycles. The van der Waals surface area contributed by atoms with E-state index in [4.69, 9.17) is 9.47 Å². The topological polar surface area (TPSA) is 80.2 Å². The molecule has 26 heavy (non-hydrogen) atoms. The molecular formula is C17H34IN3O4S. The van der Waals surface area contributed by atoms with Crippen LogP contribution >= 0.6 is 24.0 Å². The van der Waals surface area contributed by atoms with Crippen molar-refractivity contribution in [1.29, 1.82) is 0 Å². The molecule has 0 amide bonds. The molecule has 0 saturated carbocycles. The molecule has 2 saturated heterocycles. The van der Waals surface area contributed by atoms with E-state index >= 15 is 0 Å². The molecule has 2 aliphatic rings. The minimum Gasteiger partial charge on any atom is -0.381 e. The zero-order valence-electron chi connectivity index (χ0n) is 16.2. The SMILES string of the molecule is CCNC(=NCCCOCC1CCOC1)N1CCS(=O)(=O)C(C)(C)C1.I. The van der Waals surface area contributed by atoms with Gasteiger partial charge in [0.15, 0.2) is 15.8 Å². The van der Waals surface area contributed by atoms with E-state index in [9.17, 15) is 8.42 Å². The highest BCUT2D eigenvalue weighted by atomic mass is 127. The van der Waals surface area contributed by atoms with Crippen LogP contribution in [-0.4, -0.2) is 82.4 Å². The highest BCUT2D eigenvalue weighted by Gasteiger charge is 2.40. The molecule has 0 spiro atoms. The van der Waals surface area contributed by atoms with Crippen molar-refractivity contribution in [3.8, 4) is 0 Å². The van der Waals surface area contributed by atoms with Crippen molar-refractivity contribution in [2.75, 3.05) is 58.4 Å². The van der Waals surface area contributed by atoms with Gasteiger partial charge in [-0.15, -0.1) is 24.0 Å². The molecule has 0 aliphatic carbocycles. The monoisotopic (exact) mass is 503 g/mol. The summed E-state index contributed by atoms with van der Waals surface area (Å²) >= 11 is 0. The third kappa shape index (κ3) is 6.79. The zero-order chi connectivity index (χ0) is 18.3. The van der Waals surface area contributed by atoms with Gasteiger partial charge in [0.25, 0.3) is 0 Å². The average Bonchev–Trinajstić information content (AvgIpc) is 3.06. The lowest BCUT2D eigenvalue weighted by atomic mass is 10.1. The molecule has 2 heterocycles. The third-order valence-corrected chi connectivity index (χ3v) is 7.30. The molecule has 0 bridgehead atoms. The second-order valence-electron chi connectivity index (χ2n) is 7.39. The van der Waals surface area contributed by atoms with Crippen molar-refractivity contribution in [3.63, 3.8) is 0 Å². The van der Waals surface area contributed by atoms with Gasteiger partial charge >= 0.3 is 0 Å². The number of nitrogens with zero attached hydrogens (tertiary/aromatic N) is 2. The molecular weight excluding hydrogens is 469 g/mol. The van der Waals surface area contributed by atoms with Gasteiger partial charge in [0.2, 0.25) is 0 Å². The van der Waals surface area contributed by atoms with Crippen molar-refractivity contribution in [3.05, 3.63) is 0 Å². The Morgan fingerprint density at radius 1 is 1.42 bits per heavy atom. The third-order valence-electron chi connectivity index (χ3n) is 4.76. The Hall–Kier alpha value is -0.130. The number of nitrogens with one attached hydrogen (secondary N) is 1. The first-order valence-corrected chi connectivity index (χ1v) is 10.9. The smallest absolute Gasteiger partial charge is 0.193 e. The zero-order valence-corrected chi connectivity index (χ0v) is 19.3. The highest BCUT2D eigenvalue weighted by Crippen LogP contribution is 2.23. The number of ether oxygens (including phenoxy) is 2. The summed E-state index contributed by atoms with van der Waals surface area (Å²) in [6.45, 7) is 11.1. The predicted octanol–water partition coefficient (Wildman–Crippen LogP) is 1.52. The van der Waals surface area contributed by atoms with Crippen LogP contribution in [0.4, 0.5) is 0 Å². The van der Waals surface area contributed by atoms with Gasteiger partial charge in [-0.25, -0.2) is 8.42 Å². The van der Waals surface area contributed by atoms with Crippen molar-refractivity contribution >= 4 is 39.8 Å². The van der Waals surface area contributed by atoms with E-state index in [-0.39, 0.29) is 29.7 Å². The maximum Gasteiger partial charge on any atom is 0.193 e. The second kappa shape index (κ2) is 11.0. The number of rotatable bonds is 7. The number of sulfone groups is 1. The number of guanidine groups is 1. The summed E-state index contributed by atoms with van der Waals surface area (Å²) in [6.07, 6.45) is 1.95. The molecule has 0 radical (unpaired) electrons. The fourth-order valence-electron chi connectivity index (χ4n) is 3.07. The van der Waals surface area contributed by atoms with Crippen LogP contribution in [0.25, 0.3) is 0 Å². The van der Waals surface area contributed by atoms with Crippen LogP contribution in [0, 0.1) is 5.92 Å². The molecule has 2 aliphatic heterocycles. The summed E-state index contributed by atoms with van der Waals surface area (Å²) in [5.41, 5.74) is 0. The van der Waals surface area contributed by atoms with E-state index in [1.54, 1.807) is 13.8 Å². The summed E-state index contributed by atoms with van der Waals surface area (Å²) in [7, 11) is -3.04. The van der Waals surface area contributed by atoms with Gasteiger partial charge < -0.3 is 19.7 Å².